The molecular weight excluding hydrogens is 266 g/mol. The molecule has 3 aromatic rings. The Balaban J connectivity index is 2.27. The molecule has 4 nitrogen and oxygen atoms in total. The van der Waals surface area contributed by atoms with Gasteiger partial charge < -0.3 is 9.84 Å². The van der Waals surface area contributed by atoms with Crippen molar-refractivity contribution >= 4 is 16.9 Å². The second-order valence-corrected chi connectivity index (χ2v) is 4.62. The zero-order valence-corrected chi connectivity index (χ0v) is 11.4. The smallest absolute Gasteiger partial charge is 0.340 e. The van der Waals surface area contributed by atoms with E-state index in [1.165, 1.54) is 7.11 Å². The highest BCUT2D eigenvalue weighted by Gasteiger charge is 2.16. The molecule has 3 rings (SSSR count). The summed E-state index contributed by atoms with van der Waals surface area (Å²) in [5, 5.41) is 10.3. The van der Waals surface area contributed by atoms with Crippen molar-refractivity contribution < 1.29 is 14.6 Å². The van der Waals surface area contributed by atoms with Gasteiger partial charge in [0.05, 0.1) is 23.9 Å². The lowest BCUT2D eigenvalue weighted by Gasteiger charge is -2.09. The number of nitrogens with zero attached hydrogens (tertiary/aromatic N) is 1. The summed E-state index contributed by atoms with van der Waals surface area (Å²) in [6.45, 7) is 0. The zero-order chi connectivity index (χ0) is 14.8. The summed E-state index contributed by atoms with van der Waals surface area (Å²) in [5.74, 6) is -0.268. The Bertz CT molecular complexity index is 810. The number of rotatable bonds is 2. The normalized spacial score (nSPS) is 10.5. The highest BCUT2D eigenvalue weighted by atomic mass is 16.5. The summed E-state index contributed by atoms with van der Waals surface area (Å²) >= 11 is 0. The van der Waals surface area contributed by atoms with Crippen molar-refractivity contribution in [1.82, 2.24) is 4.98 Å². The fourth-order valence-corrected chi connectivity index (χ4v) is 2.22. The number of fused-ring (bicyclic) bond motifs is 1. The predicted molar refractivity (Wildman–Crippen MR) is 80.2 cm³/mol. The van der Waals surface area contributed by atoms with Crippen molar-refractivity contribution in [2.24, 2.45) is 0 Å². The first-order valence-electron chi connectivity index (χ1n) is 6.46. The lowest BCUT2D eigenvalue weighted by atomic mass is 10.0. The first kappa shape index (κ1) is 13.1. The van der Waals surface area contributed by atoms with Crippen molar-refractivity contribution in [3.8, 4) is 17.0 Å². The number of hydrogen-bond acceptors (Lipinski definition) is 4. The van der Waals surface area contributed by atoms with Gasteiger partial charge in [0.2, 0.25) is 0 Å². The second kappa shape index (κ2) is 5.25. The molecule has 0 spiro atoms. The minimum Gasteiger partial charge on any atom is -0.508 e. The van der Waals surface area contributed by atoms with Gasteiger partial charge >= 0.3 is 5.97 Å². The fraction of sp³-hybridized carbons (Fsp3) is 0.0588. The number of para-hydroxylation sites is 1. The van der Waals surface area contributed by atoms with Crippen LogP contribution in [0.25, 0.3) is 22.2 Å². The molecule has 0 unspecified atom stereocenters. The molecule has 1 aromatic heterocycles. The molecule has 1 heterocycles. The van der Waals surface area contributed by atoms with Crippen LogP contribution in [0.15, 0.2) is 54.6 Å². The first-order valence-corrected chi connectivity index (χ1v) is 6.46. The average molecular weight is 279 g/mol. The second-order valence-electron chi connectivity index (χ2n) is 4.62. The number of phenols is 1. The van der Waals surface area contributed by atoms with Crippen LogP contribution in [0.1, 0.15) is 10.4 Å². The summed E-state index contributed by atoms with van der Waals surface area (Å²) in [5.41, 5.74) is 2.50. The summed E-state index contributed by atoms with van der Waals surface area (Å²) < 4.78 is 4.84. The molecule has 0 atom stereocenters. The van der Waals surface area contributed by atoms with E-state index in [9.17, 15) is 9.90 Å². The lowest BCUT2D eigenvalue weighted by molar-refractivity contribution is 0.0601. The van der Waals surface area contributed by atoms with Gasteiger partial charge in [-0.1, -0.05) is 18.2 Å². The Morgan fingerprint density at radius 3 is 2.52 bits per heavy atom. The van der Waals surface area contributed by atoms with E-state index in [0.717, 1.165) is 16.5 Å². The molecule has 0 saturated carbocycles. The molecule has 2 aromatic carbocycles. The molecule has 0 aliphatic rings. The fourth-order valence-electron chi connectivity index (χ4n) is 2.22. The van der Waals surface area contributed by atoms with Gasteiger partial charge in [-0.25, -0.2) is 9.78 Å². The maximum Gasteiger partial charge on any atom is 0.340 e. The van der Waals surface area contributed by atoms with Crippen molar-refractivity contribution in [1.29, 1.82) is 0 Å². The molecule has 0 fully saturated rings. The Kier molecular flexibility index (Phi) is 3.28. The number of esters is 1. The largest absolute Gasteiger partial charge is 0.508 e. The van der Waals surface area contributed by atoms with Crippen LogP contribution < -0.4 is 0 Å². The summed E-state index contributed by atoms with van der Waals surface area (Å²) in [4.78, 5) is 16.6. The molecule has 104 valence electrons. The molecule has 0 aliphatic carbocycles. The van der Waals surface area contributed by atoms with Crippen LogP contribution in [0.4, 0.5) is 0 Å². The number of hydrogen-bond donors (Lipinski definition) is 1. The SMILES string of the molecule is COC(=O)c1cc2ccccc2nc1-c1ccc(O)cc1. The van der Waals surface area contributed by atoms with E-state index in [-0.39, 0.29) is 5.75 Å². The minimum atomic E-state index is -0.434. The molecule has 21 heavy (non-hydrogen) atoms. The van der Waals surface area contributed by atoms with Gasteiger partial charge in [-0.2, -0.15) is 0 Å². The Labute approximate surface area is 121 Å². The van der Waals surface area contributed by atoms with Gasteiger partial charge in [0.1, 0.15) is 5.75 Å². The highest BCUT2D eigenvalue weighted by molar-refractivity contribution is 6.00. The quantitative estimate of drug-likeness (QED) is 0.730. The van der Waals surface area contributed by atoms with Crippen LogP contribution in [-0.2, 0) is 4.74 Å². The minimum absolute atomic E-state index is 0.166. The van der Waals surface area contributed by atoms with E-state index in [1.807, 2.05) is 24.3 Å². The van der Waals surface area contributed by atoms with Crippen molar-refractivity contribution in [3.05, 3.63) is 60.2 Å². The topological polar surface area (TPSA) is 59.4 Å². The van der Waals surface area contributed by atoms with Gasteiger partial charge in [0.25, 0.3) is 0 Å². The standard InChI is InChI=1S/C17H13NO3/c1-21-17(20)14-10-12-4-2-3-5-15(12)18-16(14)11-6-8-13(19)9-7-11/h2-10,19H,1H3. The van der Waals surface area contributed by atoms with Crippen LogP contribution in [0.5, 0.6) is 5.75 Å². The maximum absolute atomic E-state index is 12.0. The first-order chi connectivity index (χ1) is 10.2. The van der Waals surface area contributed by atoms with Crippen LogP contribution >= 0.6 is 0 Å². The number of methoxy groups -OCH3 is 1. The summed E-state index contributed by atoms with van der Waals surface area (Å²) in [6, 6.07) is 15.9. The Morgan fingerprint density at radius 2 is 1.81 bits per heavy atom. The molecule has 1 N–H and O–H groups in total. The monoisotopic (exact) mass is 279 g/mol. The maximum atomic E-state index is 12.0. The molecule has 4 heteroatoms. The van der Waals surface area contributed by atoms with E-state index in [1.54, 1.807) is 30.3 Å². The number of benzene rings is 2. The lowest BCUT2D eigenvalue weighted by Crippen LogP contribution is -2.05. The number of aromatic hydroxyl groups is 1. The predicted octanol–water partition coefficient (Wildman–Crippen LogP) is 3.39. The van der Waals surface area contributed by atoms with Crippen LogP contribution in [0, 0.1) is 0 Å². The van der Waals surface area contributed by atoms with Gasteiger partial charge in [-0.3, -0.25) is 0 Å². The van der Waals surface area contributed by atoms with Gasteiger partial charge in [-0.15, -0.1) is 0 Å². The Morgan fingerprint density at radius 1 is 1.10 bits per heavy atom. The van der Waals surface area contributed by atoms with Crippen molar-refractivity contribution in [3.63, 3.8) is 0 Å². The van der Waals surface area contributed by atoms with E-state index in [0.29, 0.717) is 11.3 Å². The number of phenolic OH excluding ortho intramolecular Hbond substituents is 1. The van der Waals surface area contributed by atoms with E-state index in [4.69, 9.17) is 4.74 Å². The summed E-state index contributed by atoms with van der Waals surface area (Å²) in [7, 11) is 1.35. The van der Waals surface area contributed by atoms with Gasteiger partial charge in [-0.05, 0) is 36.4 Å². The van der Waals surface area contributed by atoms with E-state index < -0.39 is 5.97 Å². The molecule has 0 saturated heterocycles. The number of carbonyl (C=O) groups is 1. The average Bonchev–Trinajstić information content (AvgIpc) is 2.53. The molecule has 0 amide bonds. The molecule has 0 aliphatic heterocycles. The van der Waals surface area contributed by atoms with Crippen molar-refractivity contribution in [2.45, 2.75) is 0 Å². The molecule has 0 radical (unpaired) electrons. The number of carbonyl (C=O) groups excluding carboxylic acids is 1. The molecule has 0 bridgehead atoms. The van der Waals surface area contributed by atoms with Crippen molar-refractivity contribution in [2.75, 3.05) is 7.11 Å². The van der Waals surface area contributed by atoms with Crippen LogP contribution in [-0.4, -0.2) is 23.2 Å². The number of aromatic nitrogens is 1. The highest BCUT2D eigenvalue weighted by Crippen LogP contribution is 2.27. The van der Waals surface area contributed by atoms with E-state index in [2.05, 4.69) is 4.98 Å². The van der Waals surface area contributed by atoms with Gasteiger partial charge in [0, 0.05) is 10.9 Å². The third-order valence-corrected chi connectivity index (χ3v) is 3.27. The number of ether oxygens (including phenoxy) is 1. The number of pyridine rings is 1. The third-order valence-electron chi connectivity index (χ3n) is 3.27. The van der Waals surface area contributed by atoms with Crippen LogP contribution in [0.3, 0.4) is 0 Å². The summed E-state index contributed by atoms with van der Waals surface area (Å²) in [6.07, 6.45) is 0. The van der Waals surface area contributed by atoms with Gasteiger partial charge in [0.15, 0.2) is 0 Å². The molecular formula is C17H13NO3. The van der Waals surface area contributed by atoms with E-state index >= 15 is 0 Å². The third kappa shape index (κ3) is 2.43. The zero-order valence-electron chi connectivity index (χ0n) is 11.4. The Hall–Kier alpha value is -2.88. The van der Waals surface area contributed by atoms with Crippen LogP contribution in [0.2, 0.25) is 0 Å².